The third kappa shape index (κ3) is 4.24. The van der Waals surface area contributed by atoms with Crippen molar-refractivity contribution in [3.63, 3.8) is 0 Å². The van der Waals surface area contributed by atoms with Crippen LogP contribution >= 0.6 is 0 Å². The lowest BCUT2D eigenvalue weighted by molar-refractivity contribution is -0.136. The molecular formula is C27H26N4O3. The highest BCUT2D eigenvalue weighted by Crippen LogP contribution is 2.36. The van der Waals surface area contributed by atoms with Gasteiger partial charge in [0.1, 0.15) is 23.9 Å². The van der Waals surface area contributed by atoms with Crippen LogP contribution < -0.4 is 10.5 Å². The van der Waals surface area contributed by atoms with Crippen molar-refractivity contribution in [2.75, 3.05) is 0 Å². The number of nitrogens with one attached hydrogen (secondary N) is 1. The van der Waals surface area contributed by atoms with E-state index < -0.39 is 5.97 Å². The highest BCUT2D eigenvalue weighted by atomic mass is 16.5. The first-order valence-electron chi connectivity index (χ1n) is 11.4. The first-order valence-corrected chi connectivity index (χ1v) is 11.4. The molecule has 1 aliphatic carbocycles. The number of ether oxygens (including phenoxy) is 1. The number of nitrogens with two attached hydrogens (primary N) is 1. The summed E-state index contributed by atoms with van der Waals surface area (Å²) in [7, 11) is 0. The van der Waals surface area contributed by atoms with Gasteiger partial charge in [0.05, 0.1) is 18.0 Å². The van der Waals surface area contributed by atoms with Crippen molar-refractivity contribution in [3.05, 3.63) is 83.6 Å². The summed E-state index contributed by atoms with van der Waals surface area (Å²) in [5, 5.41) is 22.9. The first-order chi connectivity index (χ1) is 16.5. The van der Waals surface area contributed by atoms with E-state index in [2.05, 4.69) is 22.9 Å². The molecule has 1 aliphatic rings. The molecule has 0 saturated heterocycles. The van der Waals surface area contributed by atoms with Gasteiger partial charge in [-0.25, -0.2) is 0 Å². The number of benzene rings is 3. The van der Waals surface area contributed by atoms with Crippen LogP contribution in [0.2, 0.25) is 0 Å². The Morgan fingerprint density at radius 3 is 2.62 bits per heavy atom. The molecule has 0 atom stereocenters. The number of carboxylic acids is 1. The maximum absolute atomic E-state index is 11.2. The quantitative estimate of drug-likeness (QED) is 0.258. The molecule has 7 nitrogen and oxygen atoms in total. The minimum absolute atomic E-state index is 0.0369. The molecule has 0 bridgehead atoms. The van der Waals surface area contributed by atoms with E-state index in [1.165, 1.54) is 6.42 Å². The molecule has 4 aromatic rings. The van der Waals surface area contributed by atoms with Crippen molar-refractivity contribution in [1.82, 2.24) is 9.78 Å². The van der Waals surface area contributed by atoms with Gasteiger partial charge in [0.2, 0.25) is 0 Å². The van der Waals surface area contributed by atoms with Crippen molar-refractivity contribution in [1.29, 1.82) is 5.41 Å². The molecule has 5 rings (SSSR count). The van der Waals surface area contributed by atoms with E-state index in [4.69, 9.17) is 21.0 Å². The Bertz CT molecular complexity index is 1390. The SMILES string of the molecule is N=C(N)c1cccc(-c2ccc3c(c2)c(COc2ccccc2CC(=O)O)nn3C2CCC2)c1. The topological polar surface area (TPSA) is 114 Å². The minimum atomic E-state index is -0.895. The number of hydrogen-bond acceptors (Lipinski definition) is 4. The maximum Gasteiger partial charge on any atom is 0.307 e. The molecule has 0 aliphatic heterocycles. The molecular weight excluding hydrogens is 428 g/mol. The summed E-state index contributed by atoms with van der Waals surface area (Å²) >= 11 is 0. The van der Waals surface area contributed by atoms with Gasteiger partial charge in [-0.3, -0.25) is 14.9 Å². The Morgan fingerprint density at radius 2 is 1.88 bits per heavy atom. The summed E-state index contributed by atoms with van der Waals surface area (Å²) in [5.74, 6) is -0.301. The fourth-order valence-corrected chi connectivity index (χ4v) is 4.37. The number of para-hydroxylation sites is 1. The van der Waals surface area contributed by atoms with Crippen molar-refractivity contribution < 1.29 is 14.6 Å². The fraction of sp³-hybridized carbons (Fsp3) is 0.222. The molecule has 0 amide bonds. The number of carbonyl (C=O) groups is 1. The van der Waals surface area contributed by atoms with Crippen LogP contribution in [-0.2, 0) is 17.8 Å². The second kappa shape index (κ2) is 9.02. The van der Waals surface area contributed by atoms with Crippen LogP contribution in [0.5, 0.6) is 5.75 Å². The molecule has 0 unspecified atom stereocenters. The zero-order valence-corrected chi connectivity index (χ0v) is 18.7. The van der Waals surface area contributed by atoms with Crippen LogP contribution in [0, 0.1) is 5.41 Å². The molecule has 0 spiro atoms. The molecule has 1 saturated carbocycles. The summed E-state index contributed by atoms with van der Waals surface area (Å²) in [6, 6.07) is 21.5. The third-order valence-electron chi connectivity index (χ3n) is 6.39. The predicted octanol–water partition coefficient (Wildman–Crippen LogP) is 4.92. The molecule has 7 heteroatoms. The van der Waals surface area contributed by atoms with E-state index in [1.54, 1.807) is 12.1 Å². The second-order valence-corrected chi connectivity index (χ2v) is 8.67. The Hall–Kier alpha value is -4.13. The number of fused-ring (bicyclic) bond motifs is 1. The molecule has 1 heterocycles. The second-order valence-electron chi connectivity index (χ2n) is 8.67. The van der Waals surface area contributed by atoms with Crippen molar-refractivity contribution >= 4 is 22.7 Å². The van der Waals surface area contributed by atoms with Crippen LogP contribution in [0.1, 0.15) is 42.1 Å². The predicted molar refractivity (Wildman–Crippen MR) is 131 cm³/mol. The summed E-state index contributed by atoms with van der Waals surface area (Å²) in [4.78, 5) is 11.2. The average Bonchev–Trinajstić information content (AvgIpc) is 3.14. The number of amidine groups is 1. The summed E-state index contributed by atoms with van der Waals surface area (Å²) in [6.07, 6.45) is 3.34. The molecule has 0 radical (unpaired) electrons. The average molecular weight is 455 g/mol. The van der Waals surface area contributed by atoms with E-state index in [-0.39, 0.29) is 18.9 Å². The van der Waals surface area contributed by atoms with Crippen LogP contribution in [0.15, 0.2) is 66.7 Å². The summed E-state index contributed by atoms with van der Waals surface area (Å²) in [5.41, 5.74) is 10.9. The normalized spacial score (nSPS) is 13.5. The lowest BCUT2D eigenvalue weighted by atomic mass is 9.93. The van der Waals surface area contributed by atoms with E-state index in [9.17, 15) is 9.90 Å². The van der Waals surface area contributed by atoms with Crippen LogP contribution in [-0.4, -0.2) is 26.7 Å². The van der Waals surface area contributed by atoms with Gasteiger partial charge in [-0.05, 0) is 54.7 Å². The van der Waals surface area contributed by atoms with Gasteiger partial charge in [-0.2, -0.15) is 5.10 Å². The smallest absolute Gasteiger partial charge is 0.307 e. The molecule has 34 heavy (non-hydrogen) atoms. The molecule has 4 N–H and O–H groups in total. The molecule has 1 aromatic heterocycles. The van der Waals surface area contributed by atoms with Crippen molar-refractivity contribution in [2.45, 2.75) is 38.3 Å². The van der Waals surface area contributed by atoms with Crippen LogP contribution in [0.4, 0.5) is 0 Å². The number of aliphatic carboxylic acids is 1. The summed E-state index contributed by atoms with van der Waals surface area (Å²) < 4.78 is 8.20. The lowest BCUT2D eigenvalue weighted by Crippen LogP contribution is -2.18. The fourth-order valence-electron chi connectivity index (χ4n) is 4.37. The number of hydrogen-bond donors (Lipinski definition) is 3. The van der Waals surface area contributed by atoms with Gasteiger partial charge in [0.25, 0.3) is 0 Å². The van der Waals surface area contributed by atoms with Crippen molar-refractivity contribution in [2.24, 2.45) is 5.73 Å². The number of carboxylic acid groups (broad SMARTS) is 1. The van der Waals surface area contributed by atoms with Gasteiger partial charge in [0.15, 0.2) is 0 Å². The van der Waals surface area contributed by atoms with Gasteiger partial charge >= 0.3 is 5.97 Å². The van der Waals surface area contributed by atoms with E-state index in [1.807, 2.05) is 36.4 Å². The Morgan fingerprint density at radius 1 is 1.09 bits per heavy atom. The number of aromatic nitrogens is 2. The Kier molecular flexibility index (Phi) is 5.76. The van der Waals surface area contributed by atoms with Gasteiger partial charge < -0.3 is 15.6 Å². The highest BCUT2D eigenvalue weighted by molar-refractivity contribution is 5.96. The zero-order valence-electron chi connectivity index (χ0n) is 18.7. The third-order valence-corrected chi connectivity index (χ3v) is 6.39. The largest absolute Gasteiger partial charge is 0.487 e. The maximum atomic E-state index is 11.2. The monoisotopic (exact) mass is 454 g/mol. The molecule has 3 aromatic carbocycles. The summed E-state index contributed by atoms with van der Waals surface area (Å²) in [6.45, 7) is 0.240. The Balaban J connectivity index is 1.52. The van der Waals surface area contributed by atoms with Crippen LogP contribution in [0.3, 0.4) is 0 Å². The van der Waals surface area contributed by atoms with Crippen molar-refractivity contribution in [3.8, 4) is 16.9 Å². The van der Waals surface area contributed by atoms with E-state index in [0.717, 1.165) is 40.6 Å². The standard InChI is InChI=1S/C27H26N4O3/c28-27(29)20-7-3-6-17(13-20)18-11-12-24-22(14-18)23(30-31(24)21-8-4-9-21)16-34-25-10-2-1-5-19(25)15-26(32)33/h1-3,5-7,10-14,21H,4,8-9,15-16H2,(H3,28,29)(H,32,33). The molecule has 1 fully saturated rings. The highest BCUT2D eigenvalue weighted by Gasteiger charge is 2.24. The lowest BCUT2D eigenvalue weighted by Gasteiger charge is -2.26. The Labute approximate surface area is 197 Å². The number of nitrogen functional groups attached to an aromatic ring is 1. The van der Waals surface area contributed by atoms with E-state index >= 15 is 0 Å². The van der Waals surface area contributed by atoms with Gasteiger partial charge in [0, 0.05) is 16.5 Å². The van der Waals surface area contributed by atoms with Gasteiger partial charge in [-0.15, -0.1) is 0 Å². The van der Waals surface area contributed by atoms with E-state index in [0.29, 0.717) is 22.9 Å². The number of rotatable bonds is 8. The first kappa shape index (κ1) is 21.7. The van der Waals surface area contributed by atoms with Crippen LogP contribution in [0.25, 0.3) is 22.0 Å². The number of nitrogens with zero attached hydrogens (tertiary/aromatic N) is 2. The zero-order chi connectivity index (χ0) is 23.7. The molecule has 172 valence electrons. The van der Waals surface area contributed by atoms with Gasteiger partial charge in [-0.1, -0.05) is 42.5 Å². The minimum Gasteiger partial charge on any atom is -0.487 e.